The molecule has 1 amide bonds. The summed E-state index contributed by atoms with van der Waals surface area (Å²) in [5.41, 5.74) is 0.351. The summed E-state index contributed by atoms with van der Waals surface area (Å²) >= 11 is 6.13. The Bertz CT molecular complexity index is 1070. The molecule has 0 bridgehead atoms. The van der Waals surface area contributed by atoms with E-state index < -0.39 is 0 Å². The van der Waals surface area contributed by atoms with Crippen molar-refractivity contribution in [3.63, 3.8) is 0 Å². The Kier molecular flexibility index (Phi) is 5.98. The Morgan fingerprint density at radius 2 is 2.19 bits per heavy atom. The highest BCUT2D eigenvalue weighted by Crippen LogP contribution is 2.58. The lowest BCUT2D eigenvalue weighted by Crippen LogP contribution is -2.41. The van der Waals surface area contributed by atoms with Crippen LogP contribution >= 0.6 is 11.6 Å². The highest BCUT2D eigenvalue weighted by atomic mass is 35.5. The van der Waals surface area contributed by atoms with Crippen LogP contribution in [0.3, 0.4) is 0 Å². The van der Waals surface area contributed by atoms with E-state index in [4.69, 9.17) is 31.1 Å². The number of nitrogens with zero attached hydrogens (tertiary/aromatic N) is 4. The van der Waals surface area contributed by atoms with E-state index in [-0.39, 0.29) is 45.9 Å². The Morgan fingerprint density at radius 1 is 1.41 bits per heavy atom. The van der Waals surface area contributed by atoms with Gasteiger partial charge in [0.05, 0.1) is 29.4 Å². The minimum atomic E-state index is -0.334. The fourth-order valence-electron chi connectivity index (χ4n) is 3.90. The van der Waals surface area contributed by atoms with Crippen molar-refractivity contribution in [2.45, 2.75) is 32.8 Å². The van der Waals surface area contributed by atoms with Crippen LogP contribution in [0, 0.1) is 22.7 Å². The summed E-state index contributed by atoms with van der Waals surface area (Å²) in [7, 11) is 0. The molecule has 10 heteroatoms. The molecule has 1 aliphatic heterocycles. The molecule has 2 aliphatic rings. The number of halogens is 1. The molecule has 0 spiro atoms. The van der Waals surface area contributed by atoms with E-state index in [9.17, 15) is 9.90 Å². The molecule has 2 unspecified atom stereocenters. The van der Waals surface area contributed by atoms with Crippen LogP contribution in [0.5, 0.6) is 23.3 Å². The second-order valence-corrected chi connectivity index (χ2v) is 8.78. The van der Waals surface area contributed by atoms with Crippen LogP contribution < -0.4 is 9.47 Å². The zero-order valence-electron chi connectivity index (χ0n) is 17.7. The maximum absolute atomic E-state index is 12.1. The maximum Gasteiger partial charge on any atom is 0.410 e. The molecule has 0 radical (unpaired) electrons. The van der Waals surface area contributed by atoms with Crippen LogP contribution in [0.2, 0.25) is 5.02 Å². The van der Waals surface area contributed by atoms with Gasteiger partial charge in [-0.3, -0.25) is 0 Å². The van der Waals surface area contributed by atoms with Crippen molar-refractivity contribution in [3.8, 4) is 29.3 Å². The van der Waals surface area contributed by atoms with Crippen molar-refractivity contribution in [1.82, 2.24) is 14.9 Å². The number of fused-ring (bicyclic) bond motifs is 1. The van der Waals surface area contributed by atoms with Gasteiger partial charge in [-0.1, -0.05) is 11.6 Å². The molecule has 2 aromatic rings. The van der Waals surface area contributed by atoms with Crippen LogP contribution in [0.1, 0.15) is 32.3 Å². The number of amides is 1. The molecule has 9 nitrogen and oxygen atoms in total. The summed E-state index contributed by atoms with van der Waals surface area (Å²) in [6.45, 7) is 5.27. The molecule has 1 saturated carbocycles. The standard InChI is InChI=1S/C22H23ClN4O5/c1-13(2)31-21(29)27-6-5-22(8-15(22)10-27)11-30-19-18(28)20(26-12-25-19)32-17-4-3-14(9-24)7-16(17)23/h3-4,7,12-13,15,28H,5-6,8,10-11H2,1-2H3. The molecule has 1 N–H and O–H groups in total. The SMILES string of the molecule is CC(C)OC(=O)N1CCC2(COc3ncnc(Oc4ccc(C#N)cc4Cl)c3O)CC2C1. The van der Waals surface area contributed by atoms with Gasteiger partial charge in [0.15, 0.2) is 0 Å². The number of benzene rings is 1. The number of hydrogen-bond acceptors (Lipinski definition) is 8. The molecule has 1 aliphatic carbocycles. The van der Waals surface area contributed by atoms with Crippen LogP contribution in [-0.4, -0.2) is 51.9 Å². The van der Waals surface area contributed by atoms with Crippen molar-refractivity contribution in [3.05, 3.63) is 35.1 Å². The minimum Gasteiger partial charge on any atom is -0.499 e. The van der Waals surface area contributed by atoms with Crippen molar-refractivity contribution < 1.29 is 24.1 Å². The van der Waals surface area contributed by atoms with Gasteiger partial charge in [0.1, 0.15) is 12.1 Å². The third-order valence-electron chi connectivity index (χ3n) is 5.79. The van der Waals surface area contributed by atoms with Crippen molar-refractivity contribution >= 4 is 17.7 Å². The third-order valence-corrected chi connectivity index (χ3v) is 6.09. The normalized spacial score (nSPS) is 21.5. The number of rotatable bonds is 6. The van der Waals surface area contributed by atoms with Crippen molar-refractivity contribution in [1.29, 1.82) is 5.26 Å². The van der Waals surface area contributed by atoms with Crippen molar-refractivity contribution in [2.75, 3.05) is 19.7 Å². The number of carbonyl (C=O) groups is 1. The molecule has 1 aromatic heterocycles. The van der Waals surface area contributed by atoms with E-state index in [2.05, 4.69) is 9.97 Å². The average Bonchev–Trinajstić information content (AvgIpc) is 3.49. The van der Waals surface area contributed by atoms with E-state index in [1.54, 1.807) is 11.0 Å². The lowest BCUT2D eigenvalue weighted by atomic mass is 9.96. The van der Waals surface area contributed by atoms with Crippen LogP contribution in [0.4, 0.5) is 4.79 Å². The molecule has 168 valence electrons. The highest BCUT2D eigenvalue weighted by molar-refractivity contribution is 6.32. The third kappa shape index (κ3) is 4.50. The van der Waals surface area contributed by atoms with Crippen LogP contribution in [0.15, 0.2) is 24.5 Å². The summed E-state index contributed by atoms with van der Waals surface area (Å²) in [6, 6.07) is 6.52. The van der Waals surface area contributed by atoms with Gasteiger partial charge in [-0.25, -0.2) is 4.79 Å². The second kappa shape index (κ2) is 8.71. The van der Waals surface area contributed by atoms with Gasteiger partial charge in [0.25, 0.3) is 11.8 Å². The molecule has 4 rings (SSSR count). The Morgan fingerprint density at radius 3 is 2.88 bits per heavy atom. The summed E-state index contributed by atoms with van der Waals surface area (Å²) in [5, 5.41) is 19.7. The monoisotopic (exact) mass is 458 g/mol. The molecule has 32 heavy (non-hydrogen) atoms. The Balaban J connectivity index is 1.38. The van der Waals surface area contributed by atoms with Gasteiger partial charge in [-0.2, -0.15) is 15.2 Å². The zero-order valence-corrected chi connectivity index (χ0v) is 18.5. The Labute approximate surface area is 190 Å². The number of carbonyl (C=O) groups excluding carboxylic acids is 1. The van der Waals surface area contributed by atoms with Crippen LogP contribution in [-0.2, 0) is 4.74 Å². The molecular weight excluding hydrogens is 436 g/mol. The number of aromatic hydroxyl groups is 1. The predicted octanol–water partition coefficient (Wildman–Crippen LogP) is 4.14. The fourth-order valence-corrected chi connectivity index (χ4v) is 4.12. The first-order valence-electron chi connectivity index (χ1n) is 10.3. The first-order valence-corrected chi connectivity index (χ1v) is 10.7. The zero-order chi connectivity index (χ0) is 22.9. The largest absolute Gasteiger partial charge is 0.499 e. The topological polar surface area (TPSA) is 118 Å². The van der Waals surface area contributed by atoms with Crippen LogP contribution in [0.25, 0.3) is 0 Å². The first-order chi connectivity index (χ1) is 15.3. The number of hydrogen-bond donors (Lipinski definition) is 1. The van der Waals surface area contributed by atoms with E-state index in [1.165, 1.54) is 18.5 Å². The van der Waals surface area contributed by atoms with Gasteiger partial charge >= 0.3 is 6.09 Å². The summed E-state index contributed by atoms with van der Waals surface area (Å²) in [4.78, 5) is 21.8. The van der Waals surface area contributed by atoms with E-state index >= 15 is 0 Å². The number of ether oxygens (including phenoxy) is 3. The summed E-state index contributed by atoms with van der Waals surface area (Å²) in [5.74, 6) is 0.152. The summed E-state index contributed by atoms with van der Waals surface area (Å²) < 4.78 is 16.7. The Hall–Kier alpha value is -3.25. The van der Waals surface area contributed by atoms with Gasteiger partial charge in [0, 0.05) is 18.5 Å². The smallest absolute Gasteiger partial charge is 0.410 e. The molecule has 2 fully saturated rings. The van der Waals surface area contributed by atoms with E-state index in [1.807, 2.05) is 19.9 Å². The van der Waals surface area contributed by atoms with Gasteiger partial charge in [-0.15, -0.1) is 0 Å². The lowest BCUT2D eigenvalue weighted by molar-refractivity contribution is 0.0585. The number of piperidine rings is 1. The minimum absolute atomic E-state index is 0.0152. The number of likely N-dealkylation sites (tertiary alicyclic amines) is 1. The van der Waals surface area contributed by atoms with E-state index in [0.29, 0.717) is 31.2 Å². The van der Waals surface area contributed by atoms with Gasteiger partial charge in [0.2, 0.25) is 5.75 Å². The molecule has 1 saturated heterocycles. The molecule has 2 heterocycles. The summed E-state index contributed by atoms with van der Waals surface area (Å²) in [6.07, 6.45) is 2.54. The lowest BCUT2D eigenvalue weighted by Gasteiger charge is -2.31. The van der Waals surface area contributed by atoms with E-state index in [0.717, 1.165) is 12.8 Å². The van der Waals surface area contributed by atoms with Crippen molar-refractivity contribution in [2.24, 2.45) is 11.3 Å². The van der Waals surface area contributed by atoms with Gasteiger partial charge in [-0.05, 0) is 50.8 Å². The highest BCUT2D eigenvalue weighted by Gasteiger charge is 2.58. The first kappa shape index (κ1) is 22.0. The second-order valence-electron chi connectivity index (χ2n) is 8.37. The average molecular weight is 459 g/mol. The quantitative estimate of drug-likeness (QED) is 0.686. The molecular formula is C22H23ClN4O5. The fraction of sp³-hybridized carbons (Fsp3) is 0.455. The number of aromatic nitrogens is 2. The molecule has 2 atom stereocenters. The predicted molar refractivity (Wildman–Crippen MR) is 114 cm³/mol. The molecule has 1 aromatic carbocycles. The number of nitriles is 1. The maximum atomic E-state index is 12.1. The van der Waals surface area contributed by atoms with Gasteiger partial charge < -0.3 is 24.2 Å².